The van der Waals surface area contributed by atoms with Crippen LogP contribution in [0.5, 0.6) is 5.75 Å². The van der Waals surface area contributed by atoms with Crippen LogP contribution in [-0.2, 0) is 0 Å². The molecule has 1 unspecified atom stereocenters. The van der Waals surface area contributed by atoms with Crippen LogP contribution in [-0.4, -0.2) is 7.11 Å². The molecule has 0 amide bonds. The average Bonchev–Trinajstić information content (AvgIpc) is 2.21. The summed E-state index contributed by atoms with van der Waals surface area (Å²) < 4.78 is 5.31. The predicted molar refractivity (Wildman–Crippen MR) is 68.8 cm³/mol. The molecule has 0 aromatic heterocycles. The van der Waals surface area contributed by atoms with Gasteiger partial charge in [-0.15, -0.1) is 0 Å². The molecule has 15 heavy (non-hydrogen) atoms. The fraction of sp³-hybridized carbons (Fsp3) is 0.500. The number of ether oxygens (including phenoxy) is 1. The number of methoxy groups -OCH3 is 1. The van der Waals surface area contributed by atoms with Gasteiger partial charge in [0, 0.05) is 5.25 Å². The molecule has 0 fully saturated rings. The zero-order valence-corrected chi connectivity index (χ0v) is 11.2. The predicted octanol–water partition coefficient (Wildman–Crippen LogP) is 4.59. The van der Waals surface area contributed by atoms with Crippen molar-refractivity contribution in [1.82, 2.24) is 0 Å². The number of aryl methyl sites for hydroxylation is 1. The second-order valence-corrected chi connectivity index (χ2v) is 5.20. The van der Waals surface area contributed by atoms with E-state index >= 15 is 0 Å². The highest BCUT2D eigenvalue weighted by molar-refractivity contribution is 8.21. The standard InChI is InChI=1S/C12H17ClOS/c1-8(2)12(15-13)10-6-5-9(3)11(7-10)14-4/h5-8,12H,1-4H3. The lowest BCUT2D eigenvalue weighted by molar-refractivity contribution is 0.410. The SMILES string of the molecule is COc1cc(C(SCl)C(C)C)ccc1C. The van der Waals surface area contributed by atoms with Gasteiger partial charge in [0.25, 0.3) is 0 Å². The van der Waals surface area contributed by atoms with Gasteiger partial charge in [0.15, 0.2) is 0 Å². The number of hydrogen-bond acceptors (Lipinski definition) is 2. The van der Waals surface area contributed by atoms with Crippen LogP contribution in [0.2, 0.25) is 0 Å². The Kier molecular flexibility index (Phi) is 4.81. The summed E-state index contributed by atoms with van der Waals surface area (Å²) in [5.74, 6) is 1.45. The number of benzene rings is 1. The third kappa shape index (κ3) is 3.05. The van der Waals surface area contributed by atoms with E-state index in [9.17, 15) is 0 Å². The fourth-order valence-corrected chi connectivity index (χ4v) is 2.93. The first kappa shape index (κ1) is 12.7. The Hall–Kier alpha value is -0.340. The van der Waals surface area contributed by atoms with Crippen LogP contribution < -0.4 is 4.74 Å². The summed E-state index contributed by atoms with van der Waals surface area (Å²) in [4.78, 5) is 0. The van der Waals surface area contributed by atoms with Crippen molar-refractivity contribution in [2.24, 2.45) is 5.92 Å². The minimum absolute atomic E-state index is 0.321. The number of hydrogen-bond donors (Lipinski definition) is 0. The summed E-state index contributed by atoms with van der Waals surface area (Å²) in [5, 5.41) is 0.321. The lowest BCUT2D eigenvalue weighted by Crippen LogP contribution is -2.01. The molecule has 1 rings (SSSR count). The van der Waals surface area contributed by atoms with Gasteiger partial charge >= 0.3 is 0 Å². The minimum Gasteiger partial charge on any atom is -0.496 e. The molecule has 0 saturated carbocycles. The Labute approximate surface area is 101 Å². The topological polar surface area (TPSA) is 9.23 Å². The summed E-state index contributed by atoms with van der Waals surface area (Å²) in [6.45, 7) is 6.39. The Bertz CT molecular complexity index is 325. The molecule has 1 nitrogen and oxygen atoms in total. The van der Waals surface area contributed by atoms with E-state index in [4.69, 9.17) is 15.4 Å². The molecule has 0 radical (unpaired) electrons. The molecule has 1 aromatic rings. The average molecular weight is 245 g/mol. The molecule has 0 saturated heterocycles. The van der Waals surface area contributed by atoms with Gasteiger partial charge in [-0.25, -0.2) is 0 Å². The van der Waals surface area contributed by atoms with E-state index in [0.29, 0.717) is 11.2 Å². The quantitative estimate of drug-likeness (QED) is 0.766. The zero-order valence-electron chi connectivity index (χ0n) is 9.58. The van der Waals surface area contributed by atoms with Crippen LogP contribution in [0.25, 0.3) is 0 Å². The normalized spacial score (nSPS) is 12.9. The molecule has 0 N–H and O–H groups in total. The van der Waals surface area contributed by atoms with Crippen molar-refractivity contribution < 1.29 is 4.74 Å². The van der Waals surface area contributed by atoms with Crippen molar-refractivity contribution in [3.05, 3.63) is 29.3 Å². The smallest absolute Gasteiger partial charge is 0.122 e. The van der Waals surface area contributed by atoms with Crippen molar-refractivity contribution in [2.45, 2.75) is 26.0 Å². The van der Waals surface area contributed by atoms with Gasteiger partial charge in [-0.05, 0) is 51.7 Å². The van der Waals surface area contributed by atoms with Crippen LogP contribution in [0, 0.1) is 12.8 Å². The van der Waals surface area contributed by atoms with Crippen LogP contribution in [0.15, 0.2) is 18.2 Å². The number of rotatable bonds is 4. The molecular formula is C12H17ClOS. The summed E-state index contributed by atoms with van der Waals surface area (Å²) in [5.41, 5.74) is 2.38. The lowest BCUT2D eigenvalue weighted by Gasteiger charge is -2.18. The lowest BCUT2D eigenvalue weighted by atomic mass is 10.0. The highest BCUT2D eigenvalue weighted by atomic mass is 35.7. The van der Waals surface area contributed by atoms with Gasteiger partial charge in [-0.1, -0.05) is 26.0 Å². The van der Waals surface area contributed by atoms with E-state index in [-0.39, 0.29) is 0 Å². The van der Waals surface area contributed by atoms with Crippen molar-refractivity contribution in [1.29, 1.82) is 0 Å². The monoisotopic (exact) mass is 244 g/mol. The molecule has 0 aliphatic heterocycles. The van der Waals surface area contributed by atoms with E-state index in [1.165, 1.54) is 16.5 Å². The fourth-order valence-electron chi connectivity index (χ4n) is 1.55. The number of halogens is 1. The Morgan fingerprint density at radius 3 is 2.47 bits per heavy atom. The first-order chi connectivity index (χ1) is 7.10. The molecular weight excluding hydrogens is 228 g/mol. The molecule has 1 aromatic carbocycles. The highest BCUT2D eigenvalue weighted by Crippen LogP contribution is 2.39. The maximum Gasteiger partial charge on any atom is 0.122 e. The van der Waals surface area contributed by atoms with Crippen molar-refractivity contribution in [2.75, 3.05) is 7.11 Å². The third-order valence-electron chi connectivity index (χ3n) is 2.46. The molecule has 3 heteroatoms. The first-order valence-electron chi connectivity index (χ1n) is 5.02. The van der Waals surface area contributed by atoms with Crippen molar-refractivity contribution in [3.63, 3.8) is 0 Å². The summed E-state index contributed by atoms with van der Waals surface area (Å²) >= 11 is 0. The van der Waals surface area contributed by atoms with E-state index in [1.807, 2.05) is 6.92 Å². The van der Waals surface area contributed by atoms with E-state index in [0.717, 1.165) is 11.3 Å². The van der Waals surface area contributed by atoms with Gasteiger partial charge in [-0.2, -0.15) is 0 Å². The van der Waals surface area contributed by atoms with Crippen LogP contribution in [0.4, 0.5) is 0 Å². The van der Waals surface area contributed by atoms with E-state index in [1.54, 1.807) is 7.11 Å². The Balaban J connectivity index is 3.03. The Morgan fingerprint density at radius 2 is 2.00 bits per heavy atom. The van der Waals surface area contributed by atoms with Gasteiger partial charge < -0.3 is 4.74 Å². The molecule has 0 aliphatic carbocycles. The van der Waals surface area contributed by atoms with E-state index in [2.05, 4.69) is 32.0 Å². The molecule has 84 valence electrons. The third-order valence-corrected chi connectivity index (χ3v) is 4.05. The van der Waals surface area contributed by atoms with Crippen molar-refractivity contribution in [3.8, 4) is 5.75 Å². The maximum absolute atomic E-state index is 5.91. The summed E-state index contributed by atoms with van der Waals surface area (Å²) in [7, 11) is 8.98. The molecule has 0 heterocycles. The van der Waals surface area contributed by atoms with Gasteiger partial charge in [-0.3, -0.25) is 0 Å². The molecule has 1 atom stereocenters. The van der Waals surface area contributed by atoms with Gasteiger partial charge in [0.1, 0.15) is 5.75 Å². The van der Waals surface area contributed by atoms with E-state index < -0.39 is 0 Å². The minimum atomic E-state index is 0.321. The largest absolute Gasteiger partial charge is 0.496 e. The summed E-state index contributed by atoms with van der Waals surface area (Å²) in [6.07, 6.45) is 0. The first-order valence-corrected chi connectivity index (χ1v) is 6.72. The van der Waals surface area contributed by atoms with Crippen LogP contribution >= 0.6 is 21.7 Å². The van der Waals surface area contributed by atoms with Crippen molar-refractivity contribution >= 4 is 21.7 Å². The second-order valence-electron chi connectivity index (χ2n) is 3.98. The zero-order chi connectivity index (χ0) is 11.4. The van der Waals surface area contributed by atoms with Crippen LogP contribution in [0.1, 0.15) is 30.2 Å². The van der Waals surface area contributed by atoms with Crippen LogP contribution in [0.3, 0.4) is 0 Å². The highest BCUT2D eigenvalue weighted by Gasteiger charge is 2.16. The summed E-state index contributed by atoms with van der Waals surface area (Å²) in [6, 6.07) is 6.28. The molecule has 0 bridgehead atoms. The van der Waals surface area contributed by atoms with Gasteiger partial charge in [0.05, 0.1) is 7.11 Å². The maximum atomic E-state index is 5.91. The molecule has 0 aliphatic rings. The Morgan fingerprint density at radius 1 is 1.33 bits per heavy atom. The molecule has 0 spiro atoms. The second kappa shape index (κ2) is 5.66. The van der Waals surface area contributed by atoms with Gasteiger partial charge in [0.2, 0.25) is 0 Å².